The number of fused-ring (bicyclic) bond motifs is 2. The van der Waals surface area contributed by atoms with Gasteiger partial charge in [-0.15, -0.1) is 0 Å². The zero-order chi connectivity index (χ0) is 22.3. The van der Waals surface area contributed by atoms with Crippen molar-refractivity contribution in [2.45, 2.75) is 22.8 Å². The number of pyridine rings is 1. The van der Waals surface area contributed by atoms with Crippen LogP contribution in [0.25, 0.3) is 16.7 Å². The molecule has 0 spiro atoms. The Hall–Kier alpha value is -2.73. The third kappa shape index (κ3) is 4.04. The van der Waals surface area contributed by atoms with Gasteiger partial charge in [0, 0.05) is 31.1 Å². The minimum absolute atomic E-state index is 0.148. The molecule has 0 saturated carbocycles. The van der Waals surface area contributed by atoms with E-state index >= 15 is 0 Å². The molecule has 166 valence electrons. The molecule has 3 aromatic heterocycles. The molecule has 5 rings (SSSR count). The van der Waals surface area contributed by atoms with Gasteiger partial charge in [0.05, 0.1) is 23.8 Å². The normalized spacial score (nSPS) is 15.5. The first kappa shape index (κ1) is 21.1. The van der Waals surface area contributed by atoms with Gasteiger partial charge in [0.1, 0.15) is 11.2 Å². The summed E-state index contributed by atoms with van der Waals surface area (Å²) in [5.74, 6) is 0.394. The Morgan fingerprint density at radius 1 is 1.09 bits per heavy atom. The summed E-state index contributed by atoms with van der Waals surface area (Å²) in [4.78, 5) is 21.5. The monoisotopic (exact) mass is 472 g/mol. The average molecular weight is 473 g/mol. The second kappa shape index (κ2) is 8.32. The van der Waals surface area contributed by atoms with Crippen molar-refractivity contribution in [2.24, 2.45) is 0 Å². The molecule has 4 heterocycles. The summed E-state index contributed by atoms with van der Waals surface area (Å²) in [6, 6.07) is 9.87. The highest BCUT2D eigenvalue weighted by atomic mass is 32.2. The molecule has 4 aromatic rings. The maximum Gasteiger partial charge on any atom is 0.258 e. The first-order chi connectivity index (χ1) is 15.4. The number of morpholine rings is 1. The van der Waals surface area contributed by atoms with Crippen LogP contribution in [0, 0.1) is 6.92 Å². The maximum atomic E-state index is 12.9. The Morgan fingerprint density at radius 3 is 2.72 bits per heavy atom. The summed E-state index contributed by atoms with van der Waals surface area (Å²) >= 11 is 1.30. The smallest absolute Gasteiger partial charge is 0.258 e. The summed E-state index contributed by atoms with van der Waals surface area (Å²) in [5, 5.41) is 0.381. The molecule has 1 aliphatic rings. The van der Waals surface area contributed by atoms with E-state index in [0.717, 1.165) is 5.56 Å². The summed E-state index contributed by atoms with van der Waals surface area (Å²) in [5.41, 5.74) is 2.98. The molecular formula is C21H20N4O5S2. The van der Waals surface area contributed by atoms with Crippen molar-refractivity contribution in [3.05, 3.63) is 64.2 Å². The van der Waals surface area contributed by atoms with Crippen LogP contribution in [-0.4, -0.2) is 53.4 Å². The Kier molecular flexibility index (Phi) is 5.49. The largest absolute Gasteiger partial charge is 0.431 e. The molecule has 0 aliphatic carbocycles. The number of rotatable bonds is 5. The second-order valence-corrected chi connectivity index (χ2v) is 10.3. The Balaban J connectivity index is 1.37. The van der Waals surface area contributed by atoms with Crippen molar-refractivity contribution >= 4 is 38.5 Å². The van der Waals surface area contributed by atoms with Crippen molar-refractivity contribution in [2.75, 3.05) is 26.3 Å². The predicted octanol–water partition coefficient (Wildman–Crippen LogP) is 2.46. The lowest BCUT2D eigenvalue weighted by Crippen LogP contribution is -2.40. The highest BCUT2D eigenvalue weighted by molar-refractivity contribution is 7.98. The van der Waals surface area contributed by atoms with Crippen LogP contribution in [0.1, 0.15) is 11.3 Å². The number of aromatic nitrogens is 3. The molecule has 11 heteroatoms. The molecule has 9 nitrogen and oxygen atoms in total. The van der Waals surface area contributed by atoms with Crippen LogP contribution >= 0.6 is 11.8 Å². The zero-order valence-corrected chi connectivity index (χ0v) is 18.9. The van der Waals surface area contributed by atoms with E-state index in [1.165, 1.54) is 38.7 Å². The van der Waals surface area contributed by atoms with Crippen molar-refractivity contribution in [3.63, 3.8) is 0 Å². The van der Waals surface area contributed by atoms with Gasteiger partial charge in [0.25, 0.3) is 10.8 Å². The topological polar surface area (TPSA) is 107 Å². The van der Waals surface area contributed by atoms with Gasteiger partial charge < -0.3 is 9.15 Å². The number of hydrogen-bond acceptors (Lipinski definition) is 8. The molecule has 0 N–H and O–H groups in total. The number of nitrogens with zero attached hydrogens (tertiary/aromatic N) is 4. The molecule has 1 saturated heterocycles. The van der Waals surface area contributed by atoms with Crippen LogP contribution in [-0.2, 0) is 20.5 Å². The van der Waals surface area contributed by atoms with E-state index in [-0.39, 0.29) is 10.5 Å². The SMILES string of the molecule is Cc1ccc2nc(CSc3nc4cc(S(=O)(=O)N5CCOCC5)ccc4o3)cc(=O)n2c1. The van der Waals surface area contributed by atoms with E-state index in [9.17, 15) is 13.2 Å². The van der Waals surface area contributed by atoms with Crippen LogP contribution in [0.15, 0.2) is 61.9 Å². The van der Waals surface area contributed by atoms with Gasteiger partial charge in [-0.05, 0) is 36.8 Å². The van der Waals surface area contributed by atoms with Crippen LogP contribution in [0.5, 0.6) is 0 Å². The lowest BCUT2D eigenvalue weighted by Gasteiger charge is -2.25. The number of oxazole rings is 1. The molecule has 0 bridgehead atoms. The van der Waals surface area contributed by atoms with Gasteiger partial charge in [0.15, 0.2) is 5.58 Å². The van der Waals surface area contributed by atoms with Crippen molar-refractivity contribution in [1.82, 2.24) is 18.7 Å². The van der Waals surface area contributed by atoms with E-state index < -0.39 is 10.0 Å². The van der Waals surface area contributed by atoms with Gasteiger partial charge in [-0.1, -0.05) is 17.8 Å². The highest BCUT2D eigenvalue weighted by Gasteiger charge is 2.27. The van der Waals surface area contributed by atoms with Crippen LogP contribution < -0.4 is 5.56 Å². The standard InChI is InChI=1S/C21H20N4O5S2/c1-14-2-5-19-22-15(10-20(26)25(19)12-14)13-31-21-23-17-11-16(3-4-18(17)30-21)32(27,28)24-6-8-29-9-7-24/h2-5,10-12H,6-9,13H2,1H3. The molecule has 1 aromatic carbocycles. The van der Waals surface area contributed by atoms with Crippen molar-refractivity contribution in [1.29, 1.82) is 0 Å². The summed E-state index contributed by atoms with van der Waals surface area (Å²) in [6.45, 7) is 3.36. The molecular weight excluding hydrogens is 452 g/mol. The zero-order valence-electron chi connectivity index (χ0n) is 17.2. The van der Waals surface area contributed by atoms with E-state index in [1.54, 1.807) is 18.3 Å². The van der Waals surface area contributed by atoms with Crippen molar-refractivity contribution < 1.29 is 17.6 Å². The number of thioether (sulfide) groups is 1. The Morgan fingerprint density at radius 2 is 1.91 bits per heavy atom. The molecule has 0 unspecified atom stereocenters. The predicted molar refractivity (Wildman–Crippen MR) is 119 cm³/mol. The second-order valence-electron chi connectivity index (χ2n) is 7.43. The summed E-state index contributed by atoms with van der Waals surface area (Å²) in [6.07, 6.45) is 1.75. The van der Waals surface area contributed by atoms with Gasteiger partial charge in [-0.2, -0.15) is 4.31 Å². The lowest BCUT2D eigenvalue weighted by molar-refractivity contribution is 0.0730. The number of benzene rings is 1. The van der Waals surface area contributed by atoms with E-state index in [0.29, 0.717) is 59.7 Å². The Labute approximate surface area is 188 Å². The Bertz CT molecular complexity index is 1470. The van der Waals surface area contributed by atoms with Crippen LogP contribution in [0.3, 0.4) is 0 Å². The fourth-order valence-electron chi connectivity index (χ4n) is 3.51. The van der Waals surface area contributed by atoms with Crippen LogP contribution in [0.4, 0.5) is 0 Å². The average Bonchev–Trinajstić information content (AvgIpc) is 3.21. The molecule has 1 fully saturated rings. The number of hydrogen-bond donors (Lipinski definition) is 0. The minimum Gasteiger partial charge on any atom is -0.431 e. The molecule has 0 radical (unpaired) electrons. The van der Waals surface area contributed by atoms with Crippen molar-refractivity contribution in [3.8, 4) is 0 Å². The fourth-order valence-corrected chi connectivity index (χ4v) is 5.67. The number of ether oxygens (including phenoxy) is 1. The van der Waals surface area contributed by atoms with E-state index in [1.807, 2.05) is 13.0 Å². The van der Waals surface area contributed by atoms with Gasteiger partial charge in [-0.25, -0.2) is 18.4 Å². The summed E-state index contributed by atoms with van der Waals surface area (Å²) < 4.78 is 39.7. The quantitative estimate of drug-likeness (QED) is 0.408. The highest BCUT2D eigenvalue weighted by Crippen LogP contribution is 2.28. The summed E-state index contributed by atoms with van der Waals surface area (Å²) in [7, 11) is -3.61. The third-order valence-corrected chi connectivity index (χ3v) is 7.91. The van der Waals surface area contributed by atoms with Gasteiger partial charge >= 0.3 is 0 Å². The number of sulfonamides is 1. The van der Waals surface area contributed by atoms with Crippen LogP contribution in [0.2, 0.25) is 0 Å². The third-order valence-electron chi connectivity index (χ3n) is 5.15. The number of aryl methyl sites for hydroxylation is 1. The maximum absolute atomic E-state index is 12.9. The lowest BCUT2D eigenvalue weighted by atomic mass is 10.3. The molecule has 0 amide bonds. The van der Waals surface area contributed by atoms with Gasteiger partial charge in [-0.3, -0.25) is 9.20 Å². The first-order valence-corrected chi connectivity index (χ1v) is 12.4. The minimum atomic E-state index is -3.61. The van der Waals surface area contributed by atoms with E-state index in [4.69, 9.17) is 9.15 Å². The molecule has 32 heavy (non-hydrogen) atoms. The van der Waals surface area contributed by atoms with E-state index in [2.05, 4.69) is 9.97 Å². The first-order valence-electron chi connectivity index (χ1n) is 10.0. The fraction of sp³-hybridized carbons (Fsp3) is 0.286. The molecule has 1 aliphatic heterocycles. The van der Waals surface area contributed by atoms with Gasteiger partial charge in [0.2, 0.25) is 10.0 Å². The molecule has 0 atom stereocenters.